The molecule has 7 N–H and O–H groups in total. The Morgan fingerprint density at radius 1 is 0.543 bits per heavy atom. The van der Waals surface area contributed by atoms with Crippen LogP contribution in [-0.2, 0) is 57.6 Å². The monoisotopic (exact) mass is 1130 g/mol. The van der Waals surface area contributed by atoms with Crippen LogP contribution in [-0.4, -0.2) is 91.8 Å². The number of carbonyl (C=O) groups excluding carboxylic acids is 3. The van der Waals surface area contributed by atoms with E-state index in [1.165, 1.54) is 66.3 Å². The molecule has 13 nitrogen and oxygen atoms in total. The number of fused-ring (bicyclic) bond motifs is 6. The Bertz CT molecular complexity index is 2320. The van der Waals surface area contributed by atoms with Gasteiger partial charge in [-0.15, -0.1) is 0 Å². The maximum atomic E-state index is 10.7. The number of rotatable bonds is 26. The molecule has 14 heteroatoms. The molecule has 0 aromatic heterocycles. The Kier molecular flexibility index (Phi) is 30.3. The van der Waals surface area contributed by atoms with Crippen molar-refractivity contribution in [1.82, 2.24) is 0 Å². The molecule has 0 bridgehead atoms. The van der Waals surface area contributed by atoms with Gasteiger partial charge < -0.3 is 50.0 Å². The predicted octanol–water partition coefficient (Wildman–Crippen LogP) is 8.17. The van der Waals surface area contributed by atoms with Crippen LogP contribution in [0, 0.1) is 60.4 Å². The Labute approximate surface area is 506 Å². The van der Waals surface area contributed by atoms with Gasteiger partial charge in [-0.2, -0.15) is 16.7 Å². The first-order valence-electron chi connectivity index (χ1n) is 31.0. The smallest absolute Gasteiger partial charge is 0.665 e. The van der Waals surface area contributed by atoms with E-state index in [0.29, 0.717) is 59.6 Å². The summed E-state index contributed by atoms with van der Waals surface area (Å²) in [5.41, 5.74) is 7.43. The Balaban J connectivity index is 0.000000217. The molecule has 0 heterocycles. The molecule has 9 rings (SSSR count). The molecule has 0 amide bonds. The molecular weight excluding hydrogens is 1040 g/mol. The SMILES string of the molecule is CCCCC[C@H](O)CC[C@@H]1[C@H]2Cc3cccc(O)c3C[C@H]2C[C@H]1O.CCCCC[C@H](O)CC[C@@H]1[C@H]2Cc3cccc(OCOC=O)c3C[C@H]2C[C@H]1O.O=C=O.[CH2-]Oc1cccc2c1C[C@H]1C[C@@H](O)[C@H](CC[C@@H](O)CCCCC)[C@H]1C2.[Na+]. The molecule has 3 fully saturated rings. The van der Waals surface area contributed by atoms with E-state index >= 15 is 0 Å². The number of aliphatic hydroxyl groups excluding tert-OH is 6. The minimum absolute atomic E-state index is 0. The Morgan fingerprint density at radius 2 is 0.901 bits per heavy atom. The third kappa shape index (κ3) is 19.6. The number of hydrogen-bond acceptors (Lipinski definition) is 13. The standard InChI is InChI=1S/C23H34O5.C22H33O3.C21H32O3.CO2.Na/c1-2-3-4-7-18(25)9-10-19-20-11-16-6-5-8-23(28-15-27-14-24)21(16)12-17(20)13-22(19)26;1-3-4-5-8-17(23)10-11-18-19-12-15-7-6-9-22(25-2)20(15)13-16(19)14-21(18)24;1-2-3-4-7-16(22)9-10-17-18-11-14-6-5-8-20(23)19(14)12-15(18)13-21(17)24;2-1-3;/h5-6,8,14,17-20,22,25-26H,2-4,7,9-13,15H2,1H3;6-7,9,16-19,21,23-24H,2-5,8,10-14H2,1H3;5-6,8,15-18,21-24H,2-4,7,9-13H2,1H3;;/q;-1;;;+1/t17-,18-,19+,20-,22+;16-,17-,18+,19-,21+;15-,16-,17+,18-,21+;;/m000../s1. The molecule has 446 valence electrons. The van der Waals surface area contributed by atoms with Gasteiger partial charge in [0, 0.05) is 0 Å². The van der Waals surface area contributed by atoms with Gasteiger partial charge in [0.25, 0.3) is 6.47 Å². The van der Waals surface area contributed by atoms with E-state index in [2.05, 4.69) is 50.8 Å². The summed E-state index contributed by atoms with van der Waals surface area (Å²) in [5.74, 6) is 5.91. The van der Waals surface area contributed by atoms with Crippen molar-refractivity contribution in [3.05, 3.63) is 95.1 Å². The van der Waals surface area contributed by atoms with E-state index in [1.807, 2.05) is 30.3 Å². The molecule has 81 heavy (non-hydrogen) atoms. The minimum Gasteiger partial charge on any atom is -0.665 e. The van der Waals surface area contributed by atoms with Crippen LogP contribution in [0.1, 0.15) is 189 Å². The normalized spacial score (nSPS) is 27.3. The van der Waals surface area contributed by atoms with Crippen molar-refractivity contribution >= 4 is 12.6 Å². The fraction of sp³-hybridized carbons (Fsp3) is 0.687. The first kappa shape index (κ1) is 68.5. The number of carbonyl (C=O) groups is 1. The molecule has 3 aromatic carbocycles. The van der Waals surface area contributed by atoms with E-state index < -0.39 is 0 Å². The van der Waals surface area contributed by atoms with E-state index in [1.54, 1.807) is 6.07 Å². The topological polar surface area (TPSA) is 221 Å². The Morgan fingerprint density at radius 3 is 1.28 bits per heavy atom. The van der Waals surface area contributed by atoms with Gasteiger partial charge in [-0.3, -0.25) is 4.79 Å². The van der Waals surface area contributed by atoms with Gasteiger partial charge in [0.05, 0.1) is 42.4 Å². The molecule has 0 aliphatic heterocycles. The number of phenols is 1. The number of hydrogen-bond donors (Lipinski definition) is 7. The number of aliphatic hydroxyl groups is 6. The van der Waals surface area contributed by atoms with Gasteiger partial charge >= 0.3 is 35.7 Å². The third-order valence-electron chi connectivity index (χ3n) is 19.5. The number of aromatic hydroxyl groups is 1. The van der Waals surface area contributed by atoms with Crippen LogP contribution in [0.3, 0.4) is 0 Å². The number of phenolic OH excluding ortho intramolecular Hbond substituents is 1. The van der Waals surface area contributed by atoms with Crippen molar-refractivity contribution in [2.45, 2.75) is 231 Å². The Hall–Kier alpha value is -3.33. The van der Waals surface area contributed by atoms with Crippen molar-refractivity contribution in [2.24, 2.45) is 53.3 Å². The number of benzene rings is 3. The van der Waals surface area contributed by atoms with Crippen molar-refractivity contribution in [3.63, 3.8) is 0 Å². The summed E-state index contributed by atoms with van der Waals surface area (Å²) in [6.07, 6.45) is 25.3. The minimum atomic E-state index is -0.282. The second-order valence-corrected chi connectivity index (χ2v) is 24.5. The van der Waals surface area contributed by atoms with E-state index in [0.717, 1.165) is 152 Å². The average molecular weight is 1140 g/mol. The maximum absolute atomic E-state index is 10.7. The second-order valence-electron chi connectivity index (χ2n) is 24.5. The van der Waals surface area contributed by atoms with Crippen LogP contribution in [0.5, 0.6) is 17.2 Å². The third-order valence-corrected chi connectivity index (χ3v) is 19.5. The molecular formula is C67H99NaO13. The fourth-order valence-electron chi connectivity index (χ4n) is 15.3. The zero-order valence-electron chi connectivity index (χ0n) is 49.5. The van der Waals surface area contributed by atoms with Gasteiger partial charge in [0.15, 0.2) is 0 Å². The van der Waals surface area contributed by atoms with Crippen molar-refractivity contribution in [1.29, 1.82) is 0 Å². The van der Waals surface area contributed by atoms with Crippen LogP contribution in [0.4, 0.5) is 0 Å². The van der Waals surface area contributed by atoms with Gasteiger partial charge in [0.2, 0.25) is 6.79 Å². The number of unbranched alkanes of at least 4 members (excludes halogenated alkanes) is 6. The van der Waals surface area contributed by atoms with Gasteiger partial charge in [-0.1, -0.05) is 115 Å². The largest absolute Gasteiger partial charge is 1.00 e. The second kappa shape index (κ2) is 35.8. The molecule has 6 aliphatic rings. The first-order chi connectivity index (χ1) is 38.8. The van der Waals surface area contributed by atoms with Gasteiger partial charge in [0.1, 0.15) is 11.5 Å². The predicted molar refractivity (Wildman–Crippen MR) is 308 cm³/mol. The molecule has 0 saturated heterocycles. The van der Waals surface area contributed by atoms with Crippen LogP contribution in [0.15, 0.2) is 54.6 Å². The number of ether oxygens (including phenoxy) is 3. The van der Waals surface area contributed by atoms with Crippen molar-refractivity contribution < 1.29 is 93.9 Å². The van der Waals surface area contributed by atoms with E-state index in [4.69, 9.17) is 19.1 Å². The van der Waals surface area contributed by atoms with E-state index in [-0.39, 0.29) is 85.0 Å². The molecule has 6 aliphatic carbocycles. The van der Waals surface area contributed by atoms with Crippen LogP contribution in [0.25, 0.3) is 0 Å². The summed E-state index contributed by atoms with van der Waals surface area (Å²) in [4.78, 5) is 26.6. The molecule has 0 radical (unpaired) electrons. The first-order valence-corrected chi connectivity index (χ1v) is 31.0. The summed E-state index contributed by atoms with van der Waals surface area (Å²) in [7, 11) is 3.58. The van der Waals surface area contributed by atoms with Gasteiger partial charge in [-0.05, 0) is 220 Å². The van der Waals surface area contributed by atoms with Crippen LogP contribution in [0.2, 0.25) is 0 Å². The molecule has 3 aromatic rings. The summed E-state index contributed by atoms with van der Waals surface area (Å²) in [6, 6.07) is 18.1. The molecule has 3 saturated carbocycles. The zero-order valence-corrected chi connectivity index (χ0v) is 51.5. The van der Waals surface area contributed by atoms with Crippen molar-refractivity contribution in [3.8, 4) is 17.2 Å². The summed E-state index contributed by atoms with van der Waals surface area (Å²) in [6.45, 7) is 6.86. The van der Waals surface area contributed by atoms with Crippen LogP contribution >= 0.6 is 0 Å². The van der Waals surface area contributed by atoms with E-state index in [9.17, 15) is 40.5 Å². The zero-order chi connectivity index (χ0) is 57.6. The molecule has 15 atom stereocenters. The van der Waals surface area contributed by atoms with Crippen molar-refractivity contribution in [2.75, 3.05) is 6.79 Å². The fourth-order valence-corrected chi connectivity index (χ4v) is 15.3. The molecule has 0 unspecified atom stereocenters. The maximum Gasteiger partial charge on any atom is 1.00 e. The summed E-state index contributed by atoms with van der Waals surface area (Å²) in [5, 5.41) is 72.7. The van der Waals surface area contributed by atoms with Crippen LogP contribution < -0.4 is 39.0 Å². The summed E-state index contributed by atoms with van der Waals surface area (Å²) >= 11 is 0. The molecule has 0 spiro atoms. The average Bonchev–Trinajstić information content (AvgIpc) is 4.07. The quantitative estimate of drug-likeness (QED) is 0.0133. The summed E-state index contributed by atoms with van der Waals surface area (Å²) < 4.78 is 15.6. The van der Waals surface area contributed by atoms with Gasteiger partial charge in [-0.25, -0.2) is 0 Å².